The van der Waals surface area contributed by atoms with Crippen molar-refractivity contribution in [3.8, 4) is 0 Å². The van der Waals surface area contributed by atoms with Gasteiger partial charge < -0.3 is 0 Å². The van der Waals surface area contributed by atoms with Crippen molar-refractivity contribution in [2.24, 2.45) is 11.8 Å². The third-order valence-electron chi connectivity index (χ3n) is 2.97. The van der Waals surface area contributed by atoms with Gasteiger partial charge in [0.05, 0.1) is 0 Å². The van der Waals surface area contributed by atoms with E-state index in [1.165, 1.54) is 12.8 Å². The Bertz CT molecular complexity index is 116. The molecular weight excluding hydrogens is 168 g/mol. The predicted octanol–water partition coefficient (Wildman–Crippen LogP) is 4.47. The number of hydrogen-bond acceptors (Lipinski definition) is 0. The Balaban J connectivity index is 3.99. The summed E-state index contributed by atoms with van der Waals surface area (Å²) >= 11 is 6.46. The highest BCUT2D eigenvalue weighted by Gasteiger charge is 2.29. The van der Waals surface area contributed by atoms with Crippen LogP contribution in [0.2, 0.25) is 0 Å². The lowest BCUT2D eigenvalue weighted by molar-refractivity contribution is 0.303. The van der Waals surface area contributed by atoms with Crippen molar-refractivity contribution < 1.29 is 0 Å². The molecule has 0 bridgehead atoms. The molecule has 0 aromatic rings. The van der Waals surface area contributed by atoms with Gasteiger partial charge in [-0.2, -0.15) is 0 Å². The quantitative estimate of drug-likeness (QED) is 0.562. The van der Waals surface area contributed by atoms with Gasteiger partial charge in [-0.1, -0.05) is 40.5 Å². The van der Waals surface area contributed by atoms with E-state index in [9.17, 15) is 0 Å². The third-order valence-corrected chi connectivity index (χ3v) is 3.50. The van der Waals surface area contributed by atoms with Gasteiger partial charge in [0.25, 0.3) is 0 Å². The lowest BCUT2D eigenvalue weighted by Crippen LogP contribution is -2.29. The van der Waals surface area contributed by atoms with E-state index in [2.05, 4.69) is 34.6 Å². The van der Waals surface area contributed by atoms with E-state index in [1.54, 1.807) is 0 Å². The van der Waals surface area contributed by atoms with Crippen molar-refractivity contribution in [3.63, 3.8) is 0 Å². The summed E-state index contributed by atoms with van der Waals surface area (Å²) in [5, 5.41) is 0. The lowest BCUT2D eigenvalue weighted by Gasteiger charge is -2.32. The summed E-state index contributed by atoms with van der Waals surface area (Å²) in [6.45, 7) is 11.1. The molecule has 0 nitrogen and oxygen atoms in total. The van der Waals surface area contributed by atoms with Crippen LogP contribution in [0.15, 0.2) is 0 Å². The smallest absolute Gasteiger partial charge is 0.0446 e. The van der Waals surface area contributed by atoms with Crippen molar-refractivity contribution in [2.45, 2.75) is 58.8 Å². The van der Waals surface area contributed by atoms with Gasteiger partial charge in [0.15, 0.2) is 0 Å². The van der Waals surface area contributed by atoms with Crippen LogP contribution in [0.4, 0.5) is 0 Å². The molecule has 0 aromatic heterocycles. The van der Waals surface area contributed by atoms with Crippen molar-refractivity contribution >= 4 is 11.6 Å². The molecular formula is C11H23Cl. The third kappa shape index (κ3) is 3.80. The van der Waals surface area contributed by atoms with Gasteiger partial charge in [-0.15, -0.1) is 11.6 Å². The molecule has 0 aliphatic rings. The topological polar surface area (TPSA) is 0 Å². The van der Waals surface area contributed by atoms with E-state index < -0.39 is 0 Å². The molecule has 2 unspecified atom stereocenters. The molecule has 0 aromatic carbocycles. The molecule has 0 aliphatic carbocycles. The second-order valence-electron chi connectivity index (χ2n) is 4.41. The van der Waals surface area contributed by atoms with E-state index in [-0.39, 0.29) is 4.87 Å². The van der Waals surface area contributed by atoms with Gasteiger partial charge in [0.1, 0.15) is 0 Å². The lowest BCUT2D eigenvalue weighted by atomic mass is 9.82. The molecule has 0 aliphatic heterocycles. The first-order valence-electron chi connectivity index (χ1n) is 5.10. The highest BCUT2D eigenvalue weighted by Crippen LogP contribution is 2.34. The first-order chi connectivity index (χ1) is 5.41. The minimum atomic E-state index is 0.00414. The van der Waals surface area contributed by atoms with Crippen molar-refractivity contribution in [1.82, 2.24) is 0 Å². The zero-order chi connectivity index (χ0) is 9.78. The van der Waals surface area contributed by atoms with E-state index in [1.807, 2.05) is 0 Å². The minimum absolute atomic E-state index is 0.00414. The Kier molecular flexibility index (Phi) is 5.24. The molecule has 0 N–H and O–H groups in total. The van der Waals surface area contributed by atoms with Crippen LogP contribution in [-0.4, -0.2) is 4.87 Å². The summed E-state index contributed by atoms with van der Waals surface area (Å²) in [5.41, 5.74) is 0. The normalized spacial score (nSPS) is 19.2. The van der Waals surface area contributed by atoms with Gasteiger partial charge in [-0.25, -0.2) is 0 Å². The standard InChI is InChI=1S/C11H23Cl/c1-6-7-8-11(5,12)10(4)9(2)3/h9-10H,6-8H2,1-5H3. The monoisotopic (exact) mass is 190 g/mol. The van der Waals surface area contributed by atoms with E-state index in [0.29, 0.717) is 11.8 Å². The Morgan fingerprint density at radius 2 is 1.75 bits per heavy atom. The van der Waals surface area contributed by atoms with E-state index in [0.717, 1.165) is 6.42 Å². The summed E-state index contributed by atoms with van der Waals surface area (Å²) in [7, 11) is 0. The fourth-order valence-electron chi connectivity index (χ4n) is 1.45. The molecule has 2 atom stereocenters. The van der Waals surface area contributed by atoms with Gasteiger partial charge in [-0.05, 0) is 25.2 Å². The Hall–Kier alpha value is 0.290. The van der Waals surface area contributed by atoms with E-state index in [4.69, 9.17) is 11.6 Å². The molecule has 0 fully saturated rings. The van der Waals surface area contributed by atoms with Gasteiger partial charge in [0, 0.05) is 4.87 Å². The second-order valence-corrected chi connectivity index (χ2v) is 5.28. The molecule has 12 heavy (non-hydrogen) atoms. The first kappa shape index (κ1) is 12.3. The minimum Gasteiger partial charge on any atom is -0.119 e. The summed E-state index contributed by atoms with van der Waals surface area (Å²) < 4.78 is 0. The average Bonchev–Trinajstić information content (AvgIpc) is 1.99. The molecule has 0 saturated carbocycles. The summed E-state index contributed by atoms with van der Waals surface area (Å²) in [4.78, 5) is 0.00414. The molecule has 0 saturated heterocycles. The van der Waals surface area contributed by atoms with Crippen molar-refractivity contribution in [1.29, 1.82) is 0 Å². The number of halogens is 1. The maximum atomic E-state index is 6.46. The SMILES string of the molecule is CCCCC(C)(Cl)C(C)C(C)C. The summed E-state index contributed by atoms with van der Waals surface area (Å²) in [6.07, 6.45) is 3.63. The van der Waals surface area contributed by atoms with Crippen LogP contribution >= 0.6 is 11.6 Å². The Morgan fingerprint density at radius 1 is 1.25 bits per heavy atom. The fraction of sp³-hybridized carbons (Fsp3) is 1.00. The van der Waals surface area contributed by atoms with Crippen LogP contribution in [0.3, 0.4) is 0 Å². The van der Waals surface area contributed by atoms with E-state index >= 15 is 0 Å². The van der Waals surface area contributed by atoms with Gasteiger partial charge >= 0.3 is 0 Å². The number of unbranched alkanes of at least 4 members (excludes halogenated alkanes) is 1. The average molecular weight is 191 g/mol. The van der Waals surface area contributed by atoms with Crippen LogP contribution in [-0.2, 0) is 0 Å². The molecule has 0 amide bonds. The summed E-state index contributed by atoms with van der Waals surface area (Å²) in [5.74, 6) is 1.29. The maximum Gasteiger partial charge on any atom is 0.0446 e. The molecule has 0 heterocycles. The van der Waals surface area contributed by atoms with Crippen molar-refractivity contribution in [2.75, 3.05) is 0 Å². The zero-order valence-corrected chi connectivity index (χ0v) is 9.91. The fourth-order valence-corrected chi connectivity index (χ4v) is 1.83. The Morgan fingerprint density at radius 3 is 2.08 bits per heavy atom. The predicted molar refractivity (Wildman–Crippen MR) is 57.8 cm³/mol. The second kappa shape index (κ2) is 5.11. The zero-order valence-electron chi connectivity index (χ0n) is 9.15. The number of alkyl halides is 1. The summed E-state index contributed by atoms with van der Waals surface area (Å²) in [6, 6.07) is 0. The van der Waals surface area contributed by atoms with Crippen molar-refractivity contribution in [3.05, 3.63) is 0 Å². The van der Waals surface area contributed by atoms with Crippen LogP contribution in [0.5, 0.6) is 0 Å². The highest BCUT2D eigenvalue weighted by atomic mass is 35.5. The number of rotatable bonds is 5. The van der Waals surface area contributed by atoms with Crippen LogP contribution in [0.25, 0.3) is 0 Å². The molecule has 0 radical (unpaired) electrons. The van der Waals surface area contributed by atoms with Gasteiger partial charge in [0.2, 0.25) is 0 Å². The number of hydrogen-bond donors (Lipinski definition) is 0. The molecule has 1 heteroatoms. The molecule has 0 spiro atoms. The van der Waals surface area contributed by atoms with Crippen LogP contribution in [0, 0.1) is 11.8 Å². The van der Waals surface area contributed by atoms with Gasteiger partial charge in [-0.3, -0.25) is 0 Å². The molecule has 74 valence electrons. The maximum absolute atomic E-state index is 6.46. The largest absolute Gasteiger partial charge is 0.119 e. The first-order valence-corrected chi connectivity index (χ1v) is 5.48. The molecule has 0 rings (SSSR count). The van der Waals surface area contributed by atoms with Crippen LogP contribution in [0.1, 0.15) is 53.9 Å². The van der Waals surface area contributed by atoms with Crippen LogP contribution < -0.4 is 0 Å². The highest BCUT2D eigenvalue weighted by molar-refractivity contribution is 6.23. The Labute approximate surface area is 82.7 Å².